The van der Waals surface area contributed by atoms with Crippen LogP contribution in [-0.2, 0) is 4.79 Å². The molecule has 108 valence electrons. The molecule has 0 unspecified atom stereocenters. The van der Waals surface area contributed by atoms with Gasteiger partial charge >= 0.3 is 12.0 Å². The summed E-state index contributed by atoms with van der Waals surface area (Å²) >= 11 is 0. The lowest BCUT2D eigenvalue weighted by Gasteiger charge is -2.29. The van der Waals surface area contributed by atoms with Crippen LogP contribution in [0.2, 0.25) is 0 Å². The fourth-order valence-corrected chi connectivity index (χ4v) is 3.04. The third-order valence-corrected chi connectivity index (χ3v) is 4.58. The molecule has 0 aromatic heterocycles. The summed E-state index contributed by atoms with van der Waals surface area (Å²) in [5.74, 6) is -0.937. The van der Waals surface area contributed by atoms with E-state index in [0.29, 0.717) is 6.54 Å². The smallest absolute Gasteiger partial charge is 0.323 e. The summed E-state index contributed by atoms with van der Waals surface area (Å²) in [5.41, 5.74) is 0.244. The lowest BCUT2D eigenvalue weighted by atomic mass is 9.83. The molecular formula is C14H24N2O3. The summed E-state index contributed by atoms with van der Waals surface area (Å²) in [7, 11) is 0. The largest absolute Gasteiger partial charge is 0.480 e. The standard InChI is InChI=1S/C14H24N2O3/c1-2-14(7-3-4-8-14)10-15-13(19)16(9-12(17)18)11-5-6-11/h11H,2-10H2,1H3,(H,15,19)(H,17,18). The van der Waals surface area contributed by atoms with Gasteiger partial charge in [-0.15, -0.1) is 0 Å². The van der Waals surface area contributed by atoms with Gasteiger partial charge < -0.3 is 15.3 Å². The Kier molecular flexibility index (Phi) is 4.32. The zero-order valence-corrected chi connectivity index (χ0v) is 11.7. The van der Waals surface area contributed by atoms with Gasteiger partial charge in [0.05, 0.1) is 0 Å². The Morgan fingerprint density at radius 3 is 2.42 bits per heavy atom. The third kappa shape index (κ3) is 3.61. The molecule has 2 N–H and O–H groups in total. The molecule has 5 heteroatoms. The Balaban J connectivity index is 1.86. The van der Waals surface area contributed by atoms with Crippen LogP contribution in [0.1, 0.15) is 51.9 Å². The van der Waals surface area contributed by atoms with Crippen molar-refractivity contribution in [3.8, 4) is 0 Å². The van der Waals surface area contributed by atoms with Gasteiger partial charge in [0.1, 0.15) is 6.54 Å². The number of rotatable bonds is 6. The number of urea groups is 1. The van der Waals surface area contributed by atoms with E-state index in [0.717, 1.165) is 19.3 Å². The predicted octanol–water partition coefficient (Wildman–Crippen LogP) is 2.22. The molecule has 0 bridgehead atoms. The van der Waals surface area contributed by atoms with Crippen LogP contribution in [0, 0.1) is 5.41 Å². The Morgan fingerprint density at radius 2 is 1.95 bits per heavy atom. The molecule has 0 radical (unpaired) electrons. The van der Waals surface area contributed by atoms with Crippen molar-refractivity contribution in [1.82, 2.24) is 10.2 Å². The number of carbonyl (C=O) groups is 2. The molecule has 19 heavy (non-hydrogen) atoms. The van der Waals surface area contributed by atoms with Crippen molar-refractivity contribution < 1.29 is 14.7 Å². The quantitative estimate of drug-likeness (QED) is 0.776. The molecule has 0 saturated heterocycles. The minimum absolute atomic E-state index is 0.136. The molecule has 0 aromatic carbocycles. The Morgan fingerprint density at radius 1 is 1.32 bits per heavy atom. The van der Waals surface area contributed by atoms with Gasteiger partial charge in [-0.1, -0.05) is 19.8 Å². The Labute approximate surface area is 114 Å². The van der Waals surface area contributed by atoms with E-state index in [9.17, 15) is 9.59 Å². The van der Waals surface area contributed by atoms with Crippen LogP contribution in [0.4, 0.5) is 4.79 Å². The number of hydrogen-bond donors (Lipinski definition) is 2. The molecule has 2 aliphatic rings. The van der Waals surface area contributed by atoms with E-state index in [4.69, 9.17) is 5.11 Å². The highest BCUT2D eigenvalue weighted by Gasteiger charge is 2.36. The molecule has 0 aromatic rings. The number of aliphatic carboxylic acids is 1. The van der Waals surface area contributed by atoms with Crippen molar-refractivity contribution in [3.05, 3.63) is 0 Å². The molecule has 2 amide bonds. The monoisotopic (exact) mass is 268 g/mol. The highest BCUT2D eigenvalue weighted by Crippen LogP contribution is 2.40. The molecule has 2 saturated carbocycles. The number of nitrogens with zero attached hydrogens (tertiary/aromatic N) is 1. The Bertz CT molecular complexity index is 347. The first-order chi connectivity index (χ1) is 9.06. The summed E-state index contributed by atoms with van der Waals surface area (Å²) in [6.07, 6.45) is 7.77. The van der Waals surface area contributed by atoms with E-state index in [1.54, 1.807) is 0 Å². The number of nitrogens with one attached hydrogen (secondary N) is 1. The molecule has 2 aliphatic carbocycles. The SMILES string of the molecule is CCC1(CNC(=O)N(CC(=O)O)C2CC2)CCCC1. The van der Waals surface area contributed by atoms with Gasteiger partial charge in [-0.3, -0.25) is 4.79 Å². The molecule has 5 nitrogen and oxygen atoms in total. The normalized spacial score (nSPS) is 21.1. The van der Waals surface area contributed by atoms with E-state index in [1.807, 2.05) is 0 Å². The lowest BCUT2D eigenvalue weighted by Crippen LogP contribution is -2.47. The van der Waals surface area contributed by atoms with Crippen molar-refractivity contribution in [2.45, 2.75) is 57.9 Å². The van der Waals surface area contributed by atoms with Crippen molar-refractivity contribution in [1.29, 1.82) is 0 Å². The van der Waals surface area contributed by atoms with Crippen LogP contribution in [0.15, 0.2) is 0 Å². The van der Waals surface area contributed by atoms with Gasteiger partial charge in [0.2, 0.25) is 0 Å². The number of carboxylic acids is 1. The maximum absolute atomic E-state index is 12.1. The molecule has 2 rings (SSSR count). The summed E-state index contributed by atoms with van der Waals surface area (Å²) in [5, 5.41) is 11.8. The fourth-order valence-electron chi connectivity index (χ4n) is 3.04. The predicted molar refractivity (Wildman–Crippen MR) is 72.0 cm³/mol. The highest BCUT2D eigenvalue weighted by molar-refractivity contribution is 5.80. The summed E-state index contributed by atoms with van der Waals surface area (Å²) in [6.45, 7) is 2.67. The number of carbonyl (C=O) groups excluding carboxylic acids is 1. The highest BCUT2D eigenvalue weighted by atomic mass is 16.4. The maximum Gasteiger partial charge on any atom is 0.323 e. The van der Waals surface area contributed by atoms with Crippen LogP contribution < -0.4 is 5.32 Å². The number of hydrogen-bond acceptors (Lipinski definition) is 2. The number of amides is 2. The van der Waals surface area contributed by atoms with Gasteiger partial charge in [-0.05, 0) is 37.5 Å². The maximum atomic E-state index is 12.1. The minimum Gasteiger partial charge on any atom is -0.480 e. The summed E-state index contributed by atoms with van der Waals surface area (Å²) < 4.78 is 0. The summed E-state index contributed by atoms with van der Waals surface area (Å²) in [4.78, 5) is 24.4. The van der Waals surface area contributed by atoms with E-state index >= 15 is 0 Å². The van der Waals surface area contributed by atoms with Crippen molar-refractivity contribution in [2.24, 2.45) is 5.41 Å². The van der Waals surface area contributed by atoms with Gasteiger partial charge in [-0.2, -0.15) is 0 Å². The second-order valence-corrected chi connectivity index (χ2v) is 5.97. The van der Waals surface area contributed by atoms with Crippen LogP contribution in [0.25, 0.3) is 0 Å². The third-order valence-electron chi connectivity index (χ3n) is 4.58. The van der Waals surface area contributed by atoms with Crippen molar-refractivity contribution in [2.75, 3.05) is 13.1 Å². The second-order valence-electron chi connectivity index (χ2n) is 5.97. The van der Waals surface area contributed by atoms with E-state index in [1.165, 1.54) is 30.6 Å². The molecule has 2 fully saturated rings. The molecule has 0 spiro atoms. The van der Waals surface area contributed by atoms with Crippen molar-refractivity contribution >= 4 is 12.0 Å². The van der Waals surface area contributed by atoms with Crippen LogP contribution in [0.3, 0.4) is 0 Å². The number of carboxylic acid groups (broad SMARTS) is 1. The van der Waals surface area contributed by atoms with Gasteiger partial charge in [0, 0.05) is 12.6 Å². The average molecular weight is 268 g/mol. The first-order valence-corrected chi connectivity index (χ1v) is 7.32. The summed E-state index contributed by atoms with van der Waals surface area (Å²) in [6, 6.07) is -0.0677. The topological polar surface area (TPSA) is 69.6 Å². The Hall–Kier alpha value is -1.26. The zero-order valence-electron chi connectivity index (χ0n) is 11.7. The van der Waals surface area contributed by atoms with E-state index in [2.05, 4.69) is 12.2 Å². The lowest BCUT2D eigenvalue weighted by molar-refractivity contribution is -0.137. The molecule has 0 atom stereocenters. The van der Waals surface area contributed by atoms with Crippen LogP contribution >= 0.6 is 0 Å². The van der Waals surface area contributed by atoms with Crippen LogP contribution in [0.5, 0.6) is 0 Å². The second kappa shape index (κ2) is 5.80. The fraction of sp³-hybridized carbons (Fsp3) is 0.857. The minimum atomic E-state index is -0.937. The molecular weight excluding hydrogens is 244 g/mol. The van der Waals surface area contributed by atoms with Gasteiger partial charge in [0.25, 0.3) is 0 Å². The van der Waals surface area contributed by atoms with E-state index < -0.39 is 5.97 Å². The van der Waals surface area contributed by atoms with Crippen molar-refractivity contribution in [3.63, 3.8) is 0 Å². The first-order valence-electron chi connectivity index (χ1n) is 7.32. The average Bonchev–Trinajstić information content (AvgIpc) is 3.12. The van der Waals surface area contributed by atoms with E-state index in [-0.39, 0.29) is 24.0 Å². The first kappa shape index (κ1) is 14.2. The zero-order chi connectivity index (χ0) is 13.9. The molecule has 0 heterocycles. The van der Waals surface area contributed by atoms with Gasteiger partial charge in [0.15, 0.2) is 0 Å². The van der Waals surface area contributed by atoms with Gasteiger partial charge in [-0.25, -0.2) is 4.79 Å². The molecule has 0 aliphatic heterocycles. The van der Waals surface area contributed by atoms with Crippen LogP contribution in [-0.4, -0.2) is 41.1 Å².